The van der Waals surface area contributed by atoms with Gasteiger partial charge >= 0.3 is 0 Å². The van der Waals surface area contributed by atoms with Crippen molar-refractivity contribution < 1.29 is 4.52 Å². The number of hydrogen-bond acceptors (Lipinski definition) is 5. The Hall–Kier alpha value is -2.93. The van der Waals surface area contributed by atoms with Crippen LogP contribution in [0.5, 0.6) is 0 Å². The zero-order valence-corrected chi connectivity index (χ0v) is 14.9. The monoisotopic (exact) mass is 370 g/mol. The van der Waals surface area contributed by atoms with E-state index in [1.807, 2.05) is 30.3 Å². The van der Waals surface area contributed by atoms with E-state index in [1.165, 1.54) is 0 Å². The Kier molecular flexibility index (Phi) is 6.16. The van der Waals surface area contributed by atoms with Gasteiger partial charge in [-0.1, -0.05) is 35.0 Å². The van der Waals surface area contributed by atoms with E-state index in [0.717, 1.165) is 17.7 Å². The Morgan fingerprint density at radius 1 is 1.19 bits per heavy atom. The molecule has 0 saturated heterocycles. The van der Waals surface area contributed by atoms with E-state index < -0.39 is 0 Å². The van der Waals surface area contributed by atoms with Gasteiger partial charge in [0.05, 0.1) is 6.54 Å². The van der Waals surface area contributed by atoms with E-state index in [-0.39, 0.29) is 0 Å². The summed E-state index contributed by atoms with van der Waals surface area (Å²) in [6.07, 6.45) is 3.06. The Bertz CT molecular complexity index is 865. The second kappa shape index (κ2) is 8.96. The number of hydrogen-bond donors (Lipinski definition) is 2. The van der Waals surface area contributed by atoms with Gasteiger partial charge in [0, 0.05) is 41.9 Å². The maximum Gasteiger partial charge on any atom is 0.228 e. The molecule has 0 radical (unpaired) electrons. The van der Waals surface area contributed by atoms with Crippen LogP contribution in [0.15, 0.2) is 58.2 Å². The smallest absolute Gasteiger partial charge is 0.228 e. The Morgan fingerprint density at radius 2 is 2.12 bits per heavy atom. The molecule has 0 aliphatic carbocycles. The number of nitrogens with zero attached hydrogens (tertiary/aromatic N) is 4. The molecule has 7 nitrogen and oxygen atoms in total. The van der Waals surface area contributed by atoms with Crippen molar-refractivity contribution in [3.8, 4) is 11.4 Å². The SMILES string of the molecule is NC(=NCCc1nc(-c2cccc(Cl)c2)no1)NCCc1ccccn1. The first-order chi connectivity index (χ1) is 12.7. The van der Waals surface area contributed by atoms with Gasteiger partial charge in [0.15, 0.2) is 5.96 Å². The fraction of sp³-hybridized carbons (Fsp3) is 0.222. The molecule has 0 saturated carbocycles. The molecule has 0 bridgehead atoms. The molecule has 0 aliphatic heterocycles. The van der Waals surface area contributed by atoms with Gasteiger partial charge in [-0.3, -0.25) is 9.98 Å². The van der Waals surface area contributed by atoms with Crippen LogP contribution >= 0.6 is 11.6 Å². The summed E-state index contributed by atoms with van der Waals surface area (Å²) in [6, 6.07) is 13.1. The van der Waals surface area contributed by atoms with E-state index in [0.29, 0.717) is 42.2 Å². The summed E-state index contributed by atoms with van der Waals surface area (Å²) >= 11 is 5.97. The zero-order chi connectivity index (χ0) is 18.2. The number of halogens is 1. The van der Waals surface area contributed by atoms with Gasteiger partial charge in [-0.05, 0) is 24.3 Å². The third-order valence-electron chi connectivity index (χ3n) is 3.57. The van der Waals surface area contributed by atoms with Crippen molar-refractivity contribution in [1.82, 2.24) is 20.4 Å². The maximum absolute atomic E-state index is 5.97. The number of benzene rings is 1. The lowest BCUT2D eigenvalue weighted by Gasteiger charge is -2.04. The molecule has 0 fully saturated rings. The van der Waals surface area contributed by atoms with Gasteiger partial charge in [0.2, 0.25) is 11.7 Å². The highest BCUT2D eigenvalue weighted by atomic mass is 35.5. The Labute approximate surface area is 156 Å². The summed E-state index contributed by atoms with van der Waals surface area (Å²) in [5, 5.41) is 7.65. The summed E-state index contributed by atoms with van der Waals surface area (Å²) in [5.74, 6) is 1.40. The fourth-order valence-electron chi connectivity index (χ4n) is 2.29. The number of nitrogens with one attached hydrogen (secondary N) is 1. The second-order valence-electron chi connectivity index (χ2n) is 5.54. The van der Waals surface area contributed by atoms with E-state index in [9.17, 15) is 0 Å². The molecule has 2 aromatic heterocycles. The molecule has 0 unspecified atom stereocenters. The molecule has 134 valence electrons. The lowest BCUT2D eigenvalue weighted by Crippen LogP contribution is -2.33. The summed E-state index contributed by atoms with van der Waals surface area (Å²) in [7, 11) is 0. The van der Waals surface area contributed by atoms with Crippen LogP contribution in [0.2, 0.25) is 5.02 Å². The third kappa shape index (κ3) is 5.29. The van der Waals surface area contributed by atoms with Crippen LogP contribution < -0.4 is 11.1 Å². The van der Waals surface area contributed by atoms with Gasteiger partial charge in [0.1, 0.15) is 0 Å². The van der Waals surface area contributed by atoms with Crippen LogP contribution in [0.25, 0.3) is 11.4 Å². The number of pyridine rings is 1. The minimum absolute atomic E-state index is 0.385. The molecule has 26 heavy (non-hydrogen) atoms. The van der Waals surface area contributed by atoms with Crippen molar-refractivity contribution in [1.29, 1.82) is 0 Å². The second-order valence-corrected chi connectivity index (χ2v) is 5.97. The van der Waals surface area contributed by atoms with Crippen LogP contribution in [0.3, 0.4) is 0 Å². The van der Waals surface area contributed by atoms with Crippen LogP contribution in [-0.2, 0) is 12.8 Å². The first kappa shape index (κ1) is 17.9. The number of nitrogens with two attached hydrogens (primary N) is 1. The summed E-state index contributed by atoms with van der Waals surface area (Å²) < 4.78 is 5.24. The van der Waals surface area contributed by atoms with Crippen LogP contribution in [0.4, 0.5) is 0 Å². The first-order valence-electron chi connectivity index (χ1n) is 8.23. The van der Waals surface area contributed by atoms with Crippen molar-refractivity contribution in [2.45, 2.75) is 12.8 Å². The average molecular weight is 371 g/mol. The van der Waals surface area contributed by atoms with Gasteiger partial charge in [0.25, 0.3) is 0 Å². The molecule has 3 rings (SSSR count). The highest BCUT2D eigenvalue weighted by molar-refractivity contribution is 6.30. The maximum atomic E-state index is 5.97. The van der Waals surface area contributed by atoms with Gasteiger partial charge in [-0.2, -0.15) is 4.98 Å². The van der Waals surface area contributed by atoms with Crippen molar-refractivity contribution in [3.05, 3.63) is 65.3 Å². The predicted octanol–water partition coefficient (Wildman–Crippen LogP) is 2.47. The normalized spacial score (nSPS) is 11.5. The van der Waals surface area contributed by atoms with Crippen LogP contribution in [0, 0.1) is 0 Å². The van der Waals surface area contributed by atoms with E-state index in [4.69, 9.17) is 21.9 Å². The summed E-state index contributed by atoms with van der Waals surface area (Å²) in [5.41, 5.74) is 7.67. The predicted molar refractivity (Wildman–Crippen MR) is 101 cm³/mol. The topological polar surface area (TPSA) is 102 Å². The molecule has 3 aromatic rings. The van der Waals surface area contributed by atoms with E-state index >= 15 is 0 Å². The number of rotatable bonds is 7. The largest absolute Gasteiger partial charge is 0.370 e. The van der Waals surface area contributed by atoms with Crippen molar-refractivity contribution in [2.24, 2.45) is 10.7 Å². The van der Waals surface area contributed by atoms with Gasteiger partial charge in [-0.15, -0.1) is 0 Å². The molecule has 3 N–H and O–H groups in total. The van der Waals surface area contributed by atoms with Gasteiger partial charge < -0.3 is 15.6 Å². The molecule has 0 spiro atoms. The molecule has 2 heterocycles. The average Bonchev–Trinajstić information content (AvgIpc) is 3.12. The lowest BCUT2D eigenvalue weighted by atomic mass is 10.2. The van der Waals surface area contributed by atoms with Crippen molar-refractivity contribution >= 4 is 17.6 Å². The van der Waals surface area contributed by atoms with Crippen molar-refractivity contribution in [2.75, 3.05) is 13.1 Å². The number of aliphatic imine (C=N–C) groups is 1. The highest BCUT2D eigenvalue weighted by Crippen LogP contribution is 2.19. The lowest BCUT2D eigenvalue weighted by molar-refractivity contribution is 0.380. The van der Waals surface area contributed by atoms with E-state index in [1.54, 1.807) is 18.3 Å². The molecular weight excluding hydrogens is 352 g/mol. The molecule has 0 aliphatic rings. The molecule has 8 heteroatoms. The third-order valence-corrected chi connectivity index (χ3v) is 3.81. The minimum Gasteiger partial charge on any atom is -0.370 e. The highest BCUT2D eigenvalue weighted by Gasteiger charge is 2.08. The first-order valence-corrected chi connectivity index (χ1v) is 8.61. The summed E-state index contributed by atoms with van der Waals surface area (Å²) in [4.78, 5) is 12.9. The van der Waals surface area contributed by atoms with Crippen LogP contribution in [-0.4, -0.2) is 34.2 Å². The molecule has 0 atom stereocenters. The van der Waals surface area contributed by atoms with Crippen LogP contribution in [0.1, 0.15) is 11.6 Å². The van der Waals surface area contributed by atoms with Crippen molar-refractivity contribution in [3.63, 3.8) is 0 Å². The standard InChI is InChI=1S/C18H19ClN6O/c19-14-5-3-4-13(12-14)17-24-16(26-25-17)8-11-23-18(20)22-10-7-15-6-1-2-9-21-15/h1-6,9,12H,7-8,10-11H2,(H3,20,22,23). The number of aromatic nitrogens is 3. The minimum atomic E-state index is 0.385. The number of guanidine groups is 1. The zero-order valence-electron chi connectivity index (χ0n) is 14.1. The summed E-state index contributed by atoms with van der Waals surface area (Å²) in [6.45, 7) is 1.13. The Balaban J connectivity index is 1.44. The molecular formula is C18H19ClN6O. The van der Waals surface area contributed by atoms with E-state index in [2.05, 4.69) is 25.4 Å². The molecule has 1 aromatic carbocycles. The fourth-order valence-corrected chi connectivity index (χ4v) is 2.48. The van der Waals surface area contributed by atoms with Gasteiger partial charge in [-0.25, -0.2) is 0 Å². The Morgan fingerprint density at radius 3 is 2.92 bits per heavy atom. The quantitative estimate of drug-likeness (QED) is 0.489. The molecule has 0 amide bonds.